The number of hydrogen-bond acceptors (Lipinski definition) is 0. The number of nitrogens with zero attached hydrogens (tertiary/aromatic N) is 1. The van der Waals surface area contributed by atoms with Gasteiger partial charge in [-0.2, -0.15) is 0 Å². The molecular formula is C6H14ClN. The summed E-state index contributed by atoms with van der Waals surface area (Å²) >= 11 is 0. The fourth-order valence-electron chi connectivity index (χ4n) is 0.129. The van der Waals surface area contributed by atoms with Crippen molar-refractivity contribution in [3.8, 4) is 0 Å². The van der Waals surface area contributed by atoms with Crippen LogP contribution >= 0.6 is 0 Å². The van der Waals surface area contributed by atoms with Crippen molar-refractivity contribution in [1.29, 1.82) is 0 Å². The summed E-state index contributed by atoms with van der Waals surface area (Å²) in [7, 11) is 4.24. The van der Waals surface area contributed by atoms with Gasteiger partial charge in [-0.15, -0.1) is 0 Å². The third-order valence-corrected chi connectivity index (χ3v) is 1.31. The monoisotopic (exact) mass is 135 g/mol. The van der Waals surface area contributed by atoms with E-state index in [9.17, 15) is 0 Å². The molecule has 0 aliphatic heterocycles. The first-order valence-corrected chi connectivity index (χ1v) is 2.58. The highest BCUT2D eigenvalue weighted by Crippen LogP contribution is 1.92. The van der Waals surface area contributed by atoms with E-state index in [1.165, 1.54) is 0 Å². The molecule has 0 saturated heterocycles. The van der Waals surface area contributed by atoms with Crippen LogP contribution in [0, 0.1) is 0 Å². The zero-order valence-electron chi connectivity index (χ0n) is 5.82. The third kappa shape index (κ3) is 4.16. The summed E-state index contributed by atoms with van der Waals surface area (Å²) in [6, 6.07) is 0. The smallest absolute Gasteiger partial charge is 0.0881 e. The van der Waals surface area contributed by atoms with Crippen molar-refractivity contribution in [1.82, 2.24) is 0 Å². The van der Waals surface area contributed by atoms with Crippen molar-refractivity contribution in [3.05, 3.63) is 12.8 Å². The third-order valence-electron chi connectivity index (χ3n) is 1.31. The standard InChI is InChI=1S/C6H14N.ClH/c1-5-7(3,4)6-2;/h5H,1,6H2,2-4H3;1H/q+1;/p-1. The normalized spacial score (nSPS) is 9.88. The Morgan fingerprint density at radius 3 is 1.88 bits per heavy atom. The zero-order chi connectivity index (χ0) is 5.91. The maximum atomic E-state index is 3.68. The second kappa shape index (κ2) is 3.93. The molecule has 0 N–H and O–H groups in total. The first-order chi connectivity index (χ1) is 3.12. The van der Waals surface area contributed by atoms with Crippen LogP contribution in [-0.2, 0) is 0 Å². The fraction of sp³-hybridized carbons (Fsp3) is 0.667. The Hall–Kier alpha value is -0.0100. The van der Waals surface area contributed by atoms with Crippen molar-refractivity contribution >= 4 is 0 Å². The van der Waals surface area contributed by atoms with E-state index < -0.39 is 0 Å². The lowest BCUT2D eigenvalue weighted by Gasteiger charge is -2.21. The Labute approximate surface area is 58.0 Å². The molecule has 0 amide bonds. The molecule has 50 valence electrons. The van der Waals surface area contributed by atoms with Crippen LogP contribution in [0.15, 0.2) is 12.8 Å². The molecule has 1 nitrogen and oxygen atoms in total. The van der Waals surface area contributed by atoms with Crippen molar-refractivity contribution in [3.63, 3.8) is 0 Å². The van der Waals surface area contributed by atoms with Gasteiger partial charge >= 0.3 is 0 Å². The van der Waals surface area contributed by atoms with E-state index >= 15 is 0 Å². The highest BCUT2D eigenvalue weighted by Gasteiger charge is 2.02. The lowest BCUT2D eigenvalue weighted by atomic mass is 10.5. The summed E-state index contributed by atoms with van der Waals surface area (Å²) in [5.74, 6) is 0. The first kappa shape index (κ1) is 10.9. The molecule has 0 spiro atoms. The minimum Gasteiger partial charge on any atom is -1.00 e. The summed E-state index contributed by atoms with van der Waals surface area (Å²) in [6.07, 6.45) is 1.93. The van der Waals surface area contributed by atoms with E-state index in [1.807, 2.05) is 6.20 Å². The molecule has 0 fully saturated rings. The summed E-state index contributed by atoms with van der Waals surface area (Å²) in [5, 5.41) is 0. The quantitative estimate of drug-likeness (QED) is 0.394. The Morgan fingerprint density at radius 2 is 1.88 bits per heavy atom. The maximum Gasteiger partial charge on any atom is 0.0881 e. The number of halogens is 1. The molecule has 0 rings (SSSR count). The lowest BCUT2D eigenvalue weighted by molar-refractivity contribution is -0.836. The molecule has 0 unspecified atom stereocenters. The summed E-state index contributed by atoms with van der Waals surface area (Å²) in [4.78, 5) is 0. The molecule has 0 atom stereocenters. The largest absolute Gasteiger partial charge is 1.00 e. The van der Waals surface area contributed by atoms with Gasteiger partial charge in [-0.3, -0.25) is 0 Å². The first-order valence-electron chi connectivity index (χ1n) is 2.58. The number of quaternary nitrogens is 1. The van der Waals surface area contributed by atoms with E-state index in [-0.39, 0.29) is 12.4 Å². The van der Waals surface area contributed by atoms with Crippen LogP contribution in [0.2, 0.25) is 0 Å². The minimum atomic E-state index is 0. The van der Waals surface area contributed by atoms with Crippen LogP contribution in [0.5, 0.6) is 0 Å². The SMILES string of the molecule is C=C[N+](C)(C)CC.[Cl-]. The van der Waals surface area contributed by atoms with Gasteiger partial charge in [-0.05, 0) is 13.5 Å². The lowest BCUT2D eigenvalue weighted by Crippen LogP contribution is -3.00. The van der Waals surface area contributed by atoms with Crippen molar-refractivity contribution in [2.45, 2.75) is 6.92 Å². The van der Waals surface area contributed by atoms with Gasteiger partial charge in [0.15, 0.2) is 0 Å². The molecule has 0 aliphatic carbocycles. The molecule has 0 heterocycles. The molecule has 0 aromatic rings. The summed E-state index contributed by atoms with van der Waals surface area (Å²) < 4.78 is 0.903. The highest BCUT2D eigenvalue weighted by atomic mass is 35.5. The minimum absolute atomic E-state index is 0. The molecule has 0 bridgehead atoms. The van der Waals surface area contributed by atoms with Crippen molar-refractivity contribution < 1.29 is 16.9 Å². The highest BCUT2D eigenvalue weighted by molar-refractivity contribution is 4.48. The fourth-order valence-corrected chi connectivity index (χ4v) is 0.129. The van der Waals surface area contributed by atoms with E-state index in [0.29, 0.717) is 0 Å². The van der Waals surface area contributed by atoms with Crippen molar-refractivity contribution in [2.24, 2.45) is 0 Å². The average molecular weight is 136 g/mol. The van der Waals surface area contributed by atoms with Crippen LogP contribution in [0.3, 0.4) is 0 Å². The molecule has 0 aliphatic rings. The Bertz CT molecular complexity index is 68.9. The van der Waals surface area contributed by atoms with E-state index in [1.54, 1.807) is 0 Å². The van der Waals surface area contributed by atoms with Crippen LogP contribution in [0.1, 0.15) is 6.92 Å². The van der Waals surface area contributed by atoms with Gasteiger partial charge in [-0.25, -0.2) is 0 Å². The van der Waals surface area contributed by atoms with Crippen LogP contribution in [-0.4, -0.2) is 25.1 Å². The Kier molecular flexibility index (Phi) is 5.34. The predicted molar refractivity (Wildman–Crippen MR) is 32.8 cm³/mol. The molecule has 0 aromatic carbocycles. The van der Waals surface area contributed by atoms with Crippen LogP contribution < -0.4 is 12.4 Å². The topological polar surface area (TPSA) is 0 Å². The summed E-state index contributed by atoms with van der Waals surface area (Å²) in [5.41, 5.74) is 0. The molecule has 8 heavy (non-hydrogen) atoms. The predicted octanol–water partition coefficient (Wildman–Crippen LogP) is -1.77. The molecular weight excluding hydrogens is 122 g/mol. The number of rotatable bonds is 2. The van der Waals surface area contributed by atoms with Gasteiger partial charge in [0.1, 0.15) is 0 Å². The second-order valence-corrected chi connectivity index (χ2v) is 2.28. The molecule has 0 radical (unpaired) electrons. The summed E-state index contributed by atoms with van der Waals surface area (Å²) in [6.45, 7) is 6.93. The van der Waals surface area contributed by atoms with Gasteiger partial charge in [0.2, 0.25) is 0 Å². The van der Waals surface area contributed by atoms with E-state index in [4.69, 9.17) is 0 Å². The van der Waals surface area contributed by atoms with Gasteiger partial charge in [-0.1, -0.05) is 0 Å². The second-order valence-electron chi connectivity index (χ2n) is 2.28. The maximum absolute atomic E-state index is 3.68. The Balaban J connectivity index is 0. The van der Waals surface area contributed by atoms with Gasteiger partial charge in [0.05, 0.1) is 26.8 Å². The number of hydrogen-bond donors (Lipinski definition) is 0. The molecule has 2 heteroatoms. The van der Waals surface area contributed by atoms with Gasteiger partial charge < -0.3 is 16.9 Å². The molecule has 0 aromatic heterocycles. The van der Waals surface area contributed by atoms with Crippen LogP contribution in [0.4, 0.5) is 0 Å². The van der Waals surface area contributed by atoms with E-state index in [2.05, 4.69) is 27.6 Å². The van der Waals surface area contributed by atoms with E-state index in [0.717, 1.165) is 11.0 Å². The van der Waals surface area contributed by atoms with Gasteiger partial charge in [0, 0.05) is 0 Å². The van der Waals surface area contributed by atoms with Crippen molar-refractivity contribution in [2.75, 3.05) is 20.6 Å². The zero-order valence-corrected chi connectivity index (χ0v) is 6.57. The Morgan fingerprint density at radius 1 is 1.50 bits per heavy atom. The average Bonchev–Trinajstić information content (AvgIpc) is 1.68. The van der Waals surface area contributed by atoms with Crippen LogP contribution in [0.25, 0.3) is 0 Å². The van der Waals surface area contributed by atoms with Gasteiger partial charge in [0.25, 0.3) is 0 Å². The molecule has 0 saturated carbocycles.